The summed E-state index contributed by atoms with van der Waals surface area (Å²) in [6, 6.07) is 0.965. The maximum Gasteiger partial charge on any atom is 0.0113 e. The summed E-state index contributed by atoms with van der Waals surface area (Å²) in [5.41, 5.74) is 5.77. The first kappa shape index (κ1) is 12.9. The summed E-state index contributed by atoms with van der Waals surface area (Å²) in [5.74, 6) is 1.79. The summed E-state index contributed by atoms with van der Waals surface area (Å²) in [6.07, 6.45) is 8.52. The van der Waals surface area contributed by atoms with Gasteiger partial charge >= 0.3 is 0 Å². The van der Waals surface area contributed by atoms with Crippen molar-refractivity contribution in [3.05, 3.63) is 0 Å². The molecule has 0 aromatic carbocycles. The number of nitrogens with two attached hydrogens (primary N) is 1. The minimum atomic E-state index is 0.827. The van der Waals surface area contributed by atoms with Crippen molar-refractivity contribution in [3.8, 4) is 0 Å². The molecule has 0 aromatic heterocycles. The standard InChI is InChI=1S/C15H29N3/c16-11-13-1-3-14(4-2-13)12-17-7-9-18(10-8-17)15-5-6-15/h13-15H,1-12,16H2. The topological polar surface area (TPSA) is 32.5 Å². The van der Waals surface area contributed by atoms with Crippen LogP contribution in [0.15, 0.2) is 0 Å². The van der Waals surface area contributed by atoms with E-state index in [1.54, 1.807) is 0 Å². The molecule has 3 nitrogen and oxygen atoms in total. The van der Waals surface area contributed by atoms with Crippen LogP contribution >= 0.6 is 0 Å². The first-order valence-electron chi connectivity index (χ1n) is 8.01. The quantitative estimate of drug-likeness (QED) is 0.822. The molecule has 2 aliphatic carbocycles. The molecule has 0 unspecified atom stereocenters. The van der Waals surface area contributed by atoms with Crippen molar-refractivity contribution < 1.29 is 0 Å². The van der Waals surface area contributed by atoms with E-state index in [1.807, 2.05) is 0 Å². The number of hydrogen-bond acceptors (Lipinski definition) is 3. The molecule has 1 saturated heterocycles. The largest absolute Gasteiger partial charge is 0.330 e. The van der Waals surface area contributed by atoms with Crippen LogP contribution in [0.5, 0.6) is 0 Å². The van der Waals surface area contributed by atoms with Gasteiger partial charge in [-0.05, 0) is 56.9 Å². The molecule has 0 bridgehead atoms. The summed E-state index contributed by atoms with van der Waals surface area (Å²) >= 11 is 0. The first-order chi connectivity index (χ1) is 8.85. The van der Waals surface area contributed by atoms with Crippen LogP contribution in [0.3, 0.4) is 0 Å². The Morgan fingerprint density at radius 2 is 1.39 bits per heavy atom. The minimum Gasteiger partial charge on any atom is -0.330 e. The zero-order valence-corrected chi connectivity index (χ0v) is 11.7. The Morgan fingerprint density at radius 1 is 0.778 bits per heavy atom. The molecule has 2 saturated carbocycles. The highest BCUT2D eigenvalue weighted by Gasteiger charge is 2.31. The summed E-state index contributed by atoms with van der Waals surface area (Å²) in [7, 11) is 0. The van der Waals surface area contributed by atoms with Gasteiger partial charge in [0, 0.05) is 38.8 Å². The summed E-state index contributed by atoms with van der Waals surface area (Å²) in [6.45, 7) is 7.54. The Bertz CT molecular complexity index is 248. The predicted molar refractivity (Wildman–Crippen MR) is 75.5 cm³/mol. The van der Waals surface area contributed by atoms with Gasteiger partial charge in [-0.25, -0.2) is 0 Å². The Morgan fingerprint density at radius 3 is 1.94 bits per heavy atom. The second-order valence-corrected chi connectivity index (χ2v) is 6.69. The third-order valence-corrected chi connectivity index (χ3v) is 5.29. The van der Waals surface area contributed by atoms with E-state index < -0.39 is 0 Å². The molecule has 0 aromatic rings. The van der Waals surface area contributed by atoms with Gasteiger partial charge in [-0.1, -0.05) is 0 Å². The van der Waals surface area contributed by atoms with Crippen molar-refractivity contribution in [2.45, 2.75) is 44.6 Å². The maximum atomic E-state index is 5.77. The Balaban J connectivity index is 1.36. The van der Waals surface area contributed by atoms with E-state index in [9.17, 15) is 0 Å². The number of hydrogen-bond donors (Lipinski definition) is 1. The third-order valence-electron chi connectivity index (χ3n) is 5.29. The van der Waals surface area contributed by atoms with E-state index in [4.69, 9.17) is 5.73 Å². The maximum absolute atomic E-state index is 5.77. The van der Waals surface area contributed by atoms with Crippen LogP contribution < -0.4 is 5.73 Å². The van der Waals surface area contributed by atoms with Crippen molar-refractivity contribution in [1.82, 2.24) is 9.80 Å². The van der Waals surface area contributed by atoms with Gasteiger partial charge in [-0.2, -0.15) is 0 Å². The van der Waals surface area contributed by atoms with Crippen molar-refractivity contribution >= 4 is 0 Å². The highest BCUT2D eigenvalue weighted by Crippen LogP contribution is 2.30. The lowest BCUT2D eigenvalue weighted by atomic mass is 9.82. The molecule has 3 rings (SSSR count). The number of piperazine rings is 1. The Labute approximate surface area is 112 Å². The second kappa shape index (κ2) is 5.89. The van der Waals surface area contributed by atoms with Gasteiger partial charge in [-0.15, -0.1) is 0 Å². The predicted octanol–water partition coefficient (Wildman–Crippen LogP) is 1.53. The van der Waals surface area contributed by atoms with Crippen LogP contribution in [0.4, 0.5) is 0 Å². The molecular weight excluding hydrogens is 222 g/mol. The highest BCUT2D eigenvalue weighted by atomic mass is 15.3. The Hall–Kier alpha value is -0.120. The van der Waals surface area contributed by atoms with E-state index in [-0.39, 0.29) is 0 Å². The van der Waals surface area contributed by atoms with E-state index >= 15 is 0 Å². The van der Waals surface area contributed by atoms with Gasteiger partial charge in [0.05, 0.1) is 0 Å². The average molecular weight is 251 g/mol. The van der Waals surface area contributed by atoms with Gasteiger partial charge < -0.3 is 10.6 Å². The van der Waals surface area contributed by atoms with E-state index in [1.165, 1.54) is 71.2 Å². The second-order valence-electron chi connectivity index (χ2n) is 6.69. The lowest BCUT2D eigenvalue weighted by Crippen LogP contribution is -2.48. The zero-order valence-electron chi connectivity index (χ0n) is 11.7. The molecule has 3 fully saturated rings. The van der Waals surface area contributed by atoms with Gasteiger partial charge in [0.1, 0.15) is 0 Å². The van der Waals surface area contributed by atoms with Crippen molar-refractivity contribution in [1.29, 1.82) is 0 Å². The van der Waals surface area contributed by atoms with Crippen LogP contribution in [0.2, 0.25) is 0 Å². The fourth-order valence-electron chi connectivity index (χ4n) is 3.77. The van der Waals surface area contributed by atoms with Crippen LogP contribution in [0.25, 0.3) is 0 Å². The molecule has 18 heavy (non-hydrogen) atoms. The minimum absolute atomic E-state index is 0.827. The van der Waals surface area contributed by atoms with Gasteiger partial charge in [0.2, 0.25) is 0 Å². The monoisotopic (exact) mass is 251 g/mol. The van der Waals surface area contributed by atoms with Crippen LogP contribution in [0.1, 0.15) is 38.5 Å². The molecule has 3 heteroatoms. The summed E-state index contributed by atoms with van der Waals surface area (Å²) in [5, 5.41) is 0. The van der Waals surface area contributed by atoms with Crippen LogP contribution in [-0.4, -0.2) is 55.1 Å². The van der Waals surface area contributed by atoms with Gasteiger partial charge in [0.25, 0.3) is 0 Å². The molecule has 0 radical (unpaired) electrons. The van der Waals surface area contributed by atoms with Gasteiger partial charge in [-0.3, -0.25) is 4.90 Å². The molecule has 2 N–H and O–H groups in total. The lowest BCUT2D eigenvalue weighted by molar-refractivity contribution is 0.101. The summed E-state index contributed by atoms with van der Waals surface area (Å²) in [4.78, 5) is 5.42. The number of nitrogens with zero attached hydrogens (tertiary/aromatic N) is 2. The molecule has 1 heterocycles. The molecule has 0 atom stereocenters. The van der Waals surface area contributed by atoms with E-state index in [0.29, 0.717) is 0 Å². The van der Waals surface area contributed by atoms with Crippen LogP contribution in [0, 0.1) is 11.8 Å². The molecule has 0 spiro atoms. The van der Waals surface area contributed by atoms with Crippen molar-refractivity contribution in [2.24, 2.45) is 17.6 Å². The molecule has 1 aliphatic heterocycles. The highest BCUT2D eigenvalue weighted by molar-refractivity contribution is 4.88. The zero-order chi connectivity index (χ0) is 12.4. The smallest absolute Gasteiger partial charge is 0.0113 e. The SMILES string of the molecule is NCC1CCC(CN2CCN(C3CC3)CC2)CC1. The normalized spacial score (nSPS) is 35.8. The average Bonchev–Trinajstić information content (AvgIpc) is 3.25. The fraction of sp³-hybridized carbons (Fsp3) is 1.00. The lowest BCUT2D eigenvalue weighted by Gasteiger charge is -2.38. The van der Waals surface area contributed by atoms with Crippen LogP contribution in [-0.2, 0) is 0 Å². The van der Waals surface area contributed by atoms with Crippen molar-refractivity contribution in [2.75, 3.05) is 39.3 Å². The Kier molecular flexibility index (Phi) is 4.22. The first-order valence-corrected chi connectivity index (χ1v) is 8.01. The van der Waals surface area contributed by atoms with Gasteiger partial charge in [0.15, 0.2) is 0 Å². The molecule has 0 amide bonds. The third kappa shape index (κ3) is 3.25. The fourth-order valence-corrected chi connectivity index (χ4v) is 3.77. The van der Waals surface area contributed by atoms with E-state index in [0.717, 1.165) is 24.4 Å². The summed E-state index contributed by atoms with van der Waals surface area (Å²) < 4.78 is 0. The molecular formula is C15H29N3. The van der Waals surface area contributed by atoms with Crippen molar-refractivity contribution in [3.63, 3.8) is 0 Å². The number of rotatable bonds is 4. The molecule has 104 valence electrons. The molecule has 3 aliphatic rings. The van der Waals surface area contributed by atoms with E-state index in [2.05, 4.69) is 9.80 Å².